The van der Waals surface area contributed by atoms with Crippen molar-refractivity contribution in [2.45, 2.75) is 6.61 Å². The largest absolute Gasteiger partial charge is 0.488 e. The number of benzene rings is 2. The van der Waals surface area contributed by atoms with E-state index in [0.29, 0.717) is 16.9 Å². The Morgan fingerprint density at radius 2 is 1.90 bits per heavy atom. The van der Waals surface area contributed by atoms with E-state index >= 15 is 0 Å². The fourth-order valence-electron chi connectivity index (χ4n) is 2.79. The third kappa shape index (κ3) is 4.39. The van der Waals surface area contributed by atoms with Gasteiger partial charge in [-0.15, -0.1) is 6.58 Å². The van der Waals surface area contributed by atoms with E-state index in [4.69, 9.17) is 17.0 Å². The Kier molecular flexibility index (Phi) is 6.17. The molecule has 0 spiro atoms. The van der Waals surface area contributed by atoms with Crippen LogP contribution in [0.25, 0.3) is 6.08 Å². The van der Waals surface area contributed by atoms with Crippen molar-refractivity contribution < 1.29 is 14.3 Å². The van der Waals surface area contributed by atoms with Gasteiger partial charge in [-0.05, 0) is 30.4 Å². The van der Waals surface area contributed by atoms with E-state index in [1.807, 2.05) is 12.1 Å². The van der Waals surface area contributed by atoms with Gasteiger partial charge < -0.3 is 4.74 Å². The van der Waals surface area contributed by atoms with Crippen LogP contribution in [0.4, 0.5) is 0 Å². The molecular weight excluding hydrogens is 386 g/mol. The zero-order chi connectivity index (χ0) is 20.8. The van der Waals surface area contributed by atoms with Crippen molar-refractivity contribution in [3.63, 3.8) is 0 Å². The summed E-state index contributed by atoms with van der Waals surface area (Å²) in [5, 5.41) is 11.8. The van der Waals surface area contributed by atoms with E-state index in [0.717, 1.165) is 5.56 Å². The summed E-state index contributed by atoms with van der Waals surface area (Å²) in [5.74, 6) is -0.579. The lowest BCUT2D eigenvalue weighted by molar-refractivity contribution is -0.128. The van der Waals surface area contributed by atoms with E-state index in [-0.39, 0.29) is 23.8 Å². The van der Waals surface area contributed by atoms with Crippen molar-refractivity contribution >= 4 is 35.2 Å². The third-order valence-corrected chi connectivity index (χ3v) is 4.56. The van der Waals surface area contributed by atoms with Crippen molar-refractivity contribution in [2.75, 3.05) is 6.54 Å². The molecule has 1 fully saturated rings. The first-order valence-electron chi connectivity index (χ1n) is 8.74. The van der Waals surface area contributed by atoms with Crippen molar-refractivity contribution in [1.29, 1.82) is 5.26 Å². The fourth-order valence-corrected chi connectivity index (χ4v) is 3.04. The quantitative estimate of drug-likeness (QED) is 0.347. The summed E-state index contributed by atoms with van der Waals surface area (Å²) in [6.07, 6.45) is 3.00. The van der Waals surface area contributed by atoms with Gasteiger partial charge in [0.1, 0.15) is 17.9 Å². The van der Waals surface area contributed by atoms with Crippen LogP contribution in [0.3, 0.4) is 0 Å². The first kappa shape index (κ1) is 20.0. The van der Waals surface area contributed by atoms with Crippen molar-refractivity contribution in [1.82, 2.24) is 10.2 Å². The van der Waals surface area contributed by atoms with Crippen LogP contribution in [-0.2, 0) is 16.2 Å². The number of carbonyl (C=O) groups is 2. The van der Waals surface area contributed by atoms with Crippen molar-refractivity contribution in [3.8, 4) is 11.8 Å². The van der Waals surface area contributed by atoms with E-state index < -0.39 is 11.8 Å². The highest BCUT2D eigenvalue weighted by Crippen LogP contribution is 2.24. The second-order valence-corrected chi connectivity index (χ2v) is 6.50. The molecule has 144 valence electrons. The second kappa shape index (κ2) is 8.95. The number of ether oxygens (including phenoxy) is 1. The molecular formula is C22H17N3O3S. The molecule has 0 aromatic heterocycles. The monoisotopic (exact) mass is 403 g/mol. The van der Waals surface area contributed by atoms with E-state index in [1.165, 1.54) is 17.1 Å². The maximum atomic E-state index is 12.7. The maximum Gasteiger partial charge on any atom is 0.265 e. The van der Waals surface area contributed by atoms with E-state index in [2.05, 4.69) is 18.0 Å². The number of hydrogen-bond donors (Lipinski definition) is 1. The molecule has 3 rings (SSSR count). The van der Waals surface area contributed by atoms with Gasteiger partial charge in [0.05, 0.1) is 11.6 Å². The van der Waals surface area contributed by atoms with Gasteiger partial charge in [-0.1, -0.05) is 42.5 Å². The normalized spacial score (nSPS) is 15.1. The average Bonchev–Trinajstić information content (AvgIpc) is 2.73. The lowest BCUT2D eigenvalue weighted by Crippen LogP contribution is -2.53. The topological polar surface area (TPSA) is 82.4 Å². The van der Waals surface area contributed by atoms with Gasteiger partial charge in [0.15, 0.2) is 5.11 Å². The van der Waals surface area contributed by atoms with Crippen LogP contribution < -0.4 is 10.1 Å². The lowest BCUT2D eigenvalue weighted by Gasteiger charge is -2.27. The van der Waals surface area contributed by atoms with Gasteiger partial charge in [0, 0.05) is 17.7 Å². The van der Waals surface area contributed by atoms with Crippen LogP contribution >= 0.6 is 12.2 Å². The molecule has 0 aliphatic carbocycles. The van der Waals surface area contributed by atoms with Crippen LogP contribution in [0.5, 0.6) is 5.75 Å². The Balaban J connectivity index is 1.89. The molecule has 2 aromatic rings. The van der Waals surface area contributed by atoms with Crippen LogP contribution in [0, 0.1) is 11.3 Å². The molecule has 0 saturated carbocycles. The van der Waals surface area contributed by atoms with E-state index in [9.17, 15) is 14.9 Å². The van der Waals surface area contributed by atoms with Gasteiger partial charge in [-0.25, -0.2) is 0 Å². The maximum absolute atomic E-state index is 12.7. The summed E-state index contributed by atoms with van der Waals surface area (Å²) < 4.78 is 5.88. The number of nitrogens with one attached hydrogen (secondary N) is 1. The van der Waals surface area contributed by atoms with Crippen LogP contribution in [0.2, 0.25) is 0 Å². The highest BCUT2D eigenvalue weighted by Gasteiger charge is 2.32. The zero-order valence-electron chi connectivity index (χ0n) is 15.4. The summed E-state index contributed by atoms with van der Waals surface area (Å²) in [4.78, 5) is 26.3. The summed E-state index contributed by atoms with van der Waals surface area (Å²) in [7, 11) is 0. The molecule has 1 aliphatic rings. The molecule has 0 radical (unpaired) electrons. The number of amides is 2. The lowest BCUT2D eigenvalue weighted by atomic mass is 10.1. The molecule has 7 heteroatoms. The predicted molar refractivity (Wildman–Crippen MR) is 113 cm³/mol. The van der Waals surface area contributed by atoms with E-state index in [1.54, 1.807) is 36.4 Å². The van der Waals surface area contributed by atoms with Gasteiger partial charge in [-0.3, -0.25) is 19.8 Å². The molecule has 2 aromatic carbocycles. The first-order valence-corrected chi connectivity index (χ1v) is 9.15. The Morgan fingerprint density at radius 3 is 2.66 bits per heavy atom. The molecule has 0 bridgehead atoms. The number of thiocarbonyl (C=S) groups is 1. The molecule has 0 unspecified atom stereocenters. The highest BCUT2D eigenvalue weighted by atomic mass is 32.1. The van der Waals surface area contributed by atoms with Gasteiger partial charge in [0.2, 0.25) is 0 Å². The molecule has 29 heavy (non-hydrogen) atoms. The Hall–Kier alpha value is -3.76. The highest BCUT2D eigenvalue weighted by molar-refractivity contribution is 7.80. The number of para-hydroxylation sites is 1. The SMILES string of the molecule is C=CCN1C(=O)/C(=C/c2ccccc2OCc2ccccc2C#N)C(=O)NC1=S. The van der Waals surface area contributed by atoms with Gasteiger partial charge >= 0.3 is 0 Å². The number of carbonyl (C=O) groups excluding carboxylic acids is 2. The smallest absolute Gasteiger partial charge is 0.265 e. The zero-order valence-corrected chi connectivity index (χ0v) is 16.2. The minimum Gasteiger partial charge on any atom is -0.488 e. The third-order valence-electron chi connectivity index (χ3n) is 4.24. The Bertz CT molecular complexity index is 1070. The number of hydrogen-bond acceptors (Lipinski definition) is 5. The summed E-state index contributed by atoms with van der Waals surface area (Å²) in [6, 6.07) is 16.3. The average molecular weight is 403 g/mol. The summed E-state index contributed by atoms with van der Waals surface area (Å²) >= 11 is 5.06. The second-order valence-electron chi connectivity index (χ2n) is 6.12. The van der Waals surface area contributed by atoms with Crippen molar-refractivity contribution in [2.24, 2.45) is 0 Å². The summed E-state index contributed by atoms with van der Waals surface area (Å²) in [6.45, 7) is 3.97. The minimum absolute atomic E-state index is 0.0473. The van der Waals surface area contributed by atoms with Crippen LogP contribution in [-0.4, -0.2) is 28.4 Å². The van der Waals surface area contributed by atoms with Crippen LogP contribution in [0.1, 0.15) is 16.7 Å². The molecule has 1 heterocycles. The molecule has 1 N–H and O–H groups in total. The standard InChI is InChI=1S/C22H17N3O3S/c1-2-11-25-21(27)18(20(26)24-22(25)29)12-15-7-5-6-10-19(15)28-14-17-9-4-3-8-16(17)13-23/h2-10,12H,1,11,14H2,(H,24,26,29)/b18-12+. The molecule has 6 nitrogen and oxygen atoms in total. The van der Waals surface area contributed by atoms with Crippen molar-refractivity contribution in [3.05, 3.63) is 83.4 Å². The molecule has 1 saturated heterocycles. The number of nitrogens with zero attached hydrogens (tertiary/aromatic N) is 2. The first-order chi connectivity index (χ1) is 14.0. The minimum atomic E-state index is -0.565. The molecule has 1 aliphatic heterocycles. The van der Waals surface area contributed by atoms with Gasteiger partial charge in [0.25, 0.3) is 11.8 Å². The Morgan fingerprint density at radius 1 is 1.17 bits per heavy atom. The number of nitriles is 1. The van der Waals surface area contributed by atoms with Crippen LogP contribution in [0.15, 0.2) is 66.8 Å². The molecule has 0 atom stereocenters. The van der Waals surface area contributed by atoms with Gasteiger partial charge in [-0.2, -0.15) is 5.26 Å². The fraction of sp³-hybridized carbons (Fsp3) is 0.0909. The number of rotatable bonds is 6. The molecule has 2 amide bonds. The summed E-state index contributed by atoms with van der Waals surface area (Å²) in [5.41, 5.74) is 1.78. The Labute approximate surface area is 173 Å². The predicted octanol–water partition coefficient (Wildman–Crippen LogP) is 2.95.